The van der Waals surface area contributed by atoms with Gasteiger partial charge >= 0.3 is 0 Å². The predicted octanol–water partition coefficient (Wildman–Crippen LogP) is 3.20. The molecule has 70 valence electrons. The van der Waals surface area contributed by atoms with E-state index in [0.29, 0.717) is 5.54 Å². The summed E-state index contributed by atoms with van der Waals surface area (Å²) in [5, 5.41) is 3.36. The van der Waals surface area contributed by atoms with E-state index in [1.165, 1.54) is 19.3 Å². The Morgan fingerprint density at radius 1 is 0.909 bits per heavy atom. The van der Waals surface area contributed by atoms with E-state index >= 15 is 0 Å². The molecular weight excluding hydrogens is 134 g/mol. The molecule has 0 aliphatic heterocycles. The zero-order valence-corrected chi connectivity index (χ0v) is 9.12. The zero-order chi connectivity index (χ0) is 9.33. The molecule has 0 saturated heterocycles. The van der Waals surface area contributed by atoms with Crippen LogP contribution in [0.3, 0.4) is 0 Å². The number of hydrogen-bond donors (Lipinski definition) is 1. The summed E-state index contributed by atoms with van der Waals surface area (Å²) in [6.45, 7) is 10.7. The van der Waals surface area contributed by atoms with Gasteiger partial charge in [-0.05, 0) is 26.3 Å². The van der Waals surface area contributed by atoms with Crippen molar-refractivity contribution < 1.29 is 0 Å². The van der Waals surface area contributed by atoms with Crippen LogP contribution in [0.2, 0.25) is 0 Å². The third-order valence-electron chi connectivity index (χ3n) is 2.56. The summed E-state index contributed by atoms with van der Waals surface area (Å²) in [5.74, 6) is 0. The molecule has 0 unspecified atom stereocenters. The van der Waals surface area contributed by atoms with Gasteiger partial charge in [0, 0.05) is 5.54 Å². The molecule has 0 atom stereocenters. The van der Waals surface area contributed by atoms with Gasteiger partial charge in [-0.1, -0.05) is 34.6 Å². The van der Waals surface area contributed by atoms with Gasteiger partial charge in [0.05, 0.1) is 0 Å². The second-order valence-electron chi connectivity index (χ2n) is 2.59. The summed E-state index contributed by atoms with van der Waals surface area (Å²) in [7, 11) is 2.05. The van der Waals surface area contributed by atoms with Crippen molar-refractivity contribution in [1.82, 2.24) is 5.32 Å². The molecule has 0 aliphatic rings. The lowest BCUT2D eigenvalue weighted by molar-refractivity contribution is 0.313. The monoisotopic (exact) mass is 159 g/mol. The van der Waals surface area contributed by atoms with Crippen molar-refractivity contribution in [3.63, 3.8) is 0 Å². The summed E-state index contributed by atoms with van der Waals surface area (Å²) in [5.41, 5.74) is 0.417. The average molecular weight is 159 g/mol. The smallest absolute Gasteiger partial charge is 0.0170 e. The van der Waals surface area contributed by atoms with Crippen molar-refractivity contribution >= 4 is 0 Å². The summed E-state index contributed by atoms with van der Waals surface area (Å²) in [4.78, 5) is 0. The molecule has 0 bridgehead atoms. The lowest BCUT2D eigenvalue weighted by Gasteiger charge is -2.29. The van der Waals surface area contributed by atoms with Gasteiger partial charge in [0.1, 0.15) is 0 Å². The Hall–Kier alpha value is -0.0400. The van der Waals surface area contributed by atoms with Crippen LogP contribution >= 0.6 is 0 Å². The summed E-state index contributed by atoms with van der Waals surface area (Å²) >= 11 is 0. The van der Waals surface area contributed by atoms with Crippen molar-refractivity contribution in [2.75, 3.05) is 7.05 Å². The van der Waals surface area contributed by atoms with Gasteiger partial charge in [0.25, 0.3) is 0 Å². The van der Waals surface area contributed by atoms with Crippen LogP contribution in [0.25, 0.3) is 0 Å². The second kappa shape index (κ2) is 8.06. The Morgan fingerprint density at radius 2 is 1.18 bits per heavy atom. The van der Waals surface area contributed by atoms with E-state index in [-0.39, 0.29) is 0 Å². The van der Waals surface area contributed by atoms with Gasteiger partial charge < -0.3 is 5.32 Å². The van der Waals surface area contributed by atoms with Gasteiger partial charge in [-0.2, -0.15) is 0 Å². The number of rotatable bonds is 4. The van der Waals surface area contributed by atoms with E-state index in [4.69, 9.17) is 0 Å². The van der Waals surface area contributed by atoms with Gasteiger partial charge in [-0.15, -0.1) is 0 Å². The molecule has 11 heavy (non-hydrogen) atoms. The standard InChI is InChI=1S/C8H19N.C2H6/c1-5-8(6-2,7-3)9-4;1-2/h9H,5-7H2,1-4H3;1-2H3. The molecule has 1 heteroatoms. The van der Waals surface area contributed by atoms with Crippen LogP contribution in [-0.2, 0) is 0 Å². The lowest BCUT2D eigenvalue weighted by atomic mass is 9.90. The summed E-state index contributed by atoms with van der Waals surface area (Å²) in [6, 6.07) is 0. The fourth-order valence-electron chi connectivity index (χ4n) is 1.28. The molecule has 0 fully saturated rings. The number of nitrogens with one attached hydrogen (secondary N) is 1. The molecule has 0 rings (SSSR count). The van der Waals surface area contributed by atoms with Crippen LogP contribution in [0.15, 0.2) is 0 Å². The van der Waals surface area contributed by atoms with E-state index < -0.39 is 0 Å². The topological polar surface area (TPSA) is 12.0 Å². The van der Waals surface area contributed by atoms with Crippen molar-refractivity contribution in [2.24, 2.45) is 0 Å². The molecule has 0 amide bonds. The first kappa shape index (κ1) is 13.5. The summed E-state index contributed by atoms with van der Waals surface area (Å²) < 4.78 is 0. The fraction of sp³-hybridized carbons (Fsp3) is 1.00. The third-order valence-corrected chi connectivity index (χ3v) is 2.56. The van der Waals surface area contributed by atoms with Crippen LogP contribution < -0.4 is 5.32 Å². The minimum absolute atomic E-state index is 0.417. The molecule has 1 N–H and O–H groups in total. The molecule has 1 nitrogen and oxygen atoms in total. The first-order valence-electron chi connectivity index (χ1n) is 4.93. The van der Waals surface area contributed by atoms with Crippen molar-refractivity contribution in [3.8, 4) is 0 Å². The minimum Gasteiger partial charge on any atom is -0.314 e. The summed E-state index contributed by atoms with van der Waals surface area (Å²) in [6.07, 6.45) is 3.70. The highest BCUT2D eigenvalue weighted by Crippen LogP contribution is 2.17. The van der Waals surface area contributed by atoms with Crippen LogP contribution in [0.4, 0.5) is 0 Å². The van der Waals surface area contributed by atoms with Gasteiger partial charge in [-0.25, -0.2) is 0 Å². The Kier molecular flexibility index (Phi) is 9.92. The van der Waals surface area contributed by atoms with E-state index in [2.05, 4.69) is 33.1 Å². The Morgan fingerprint density at radius 3 is 1.18 bits per heavy atom. The average Bonchev–Trinajstić information content (AvgIpc) is 2.13. The van der Waals surface area contributed by atoms with E-state index in [0.717, 1.165) is 0 Å². The van der Waals surface area contributed by atoms with Crippen LogP contribution in [0.5, 0.6) is 0 Å². The maximum absolute atomic E-state index is 3.36. The number of hydrogen-bond acceptors (Lipinski definition) is 1. The molecular formula is C10H25N. The van der Waals surface area contributed by atoms with Crippen molar-refractivity contribution in [1.29, 1.82) is 0 Å². The molecule has 0 saturated carbocycles. The molecule has 0 heterocycles. The van der Waals surface area contributed by atoms with E-state index in [1.807, 2.05) is 13.8 Å². The van der Waals surface area contributed by atoms with Gasteiger partial charge in [0.15, 0.2) is 0 Å². The second-order valence-corrected chi connectivity index (χ2v) is 2.59. The molecule has 0 radical (unpaired) electrons. The van der Waals surface area contributed by atoms with E-state index in [1.54, 1.807) is 0 Å². The van der Waals surface area contributed by atoms with Crippen molar-refractivity contribution in [3.05, 3.63) is 0 Å². The maximum atomic E-state index is 3.36. The quantitative estimate of drug-likeness (QED) is 0.664. The highest BCUT2D eigenvalue weighted by Gasteiger charge is 2.19. The molecule has 0 aromatic carbocycles. The van der Waals surface area contributed by atoms with E-state index in [9.17, 15) is 0 Å². The highest BCUT2D eigenvalue weighted by atomic mass is 14.9. The molecule has 0 aliphatic carbocycles. The minimum atomic E-state index is 0.417. The molecule has 0 spiro atoms. The Balaban J connectivity index is 0. The normalized spacial score (nSPS) is 10.4. The largest absolute Gasteiger partial charge is 0.314 e. The Labute approximate surface area is 72.6 Å². The zero-order valence-electron chi connectivity index (χ0n) is 9.12. The van der Waals surface area contributed by atoms with Crippen molar-refractivity contribution in [2.45, 2.75) is 59.4 Å². The van der Waals surface area contributed by atoms with Crippen LogP contribution in [-0.4, -0.2) is 12.6 Å². The van der Waals surface area contributed by atoms with Crippen LogP contribution in [0.1, 0.15) is 53.9 Å². The fourth-order valence-corrected chi connectivity index (χ4v) is 1.28. The third kappa shape index (κ3) is 4.41. The lowest BCUT2D eigenvalue weighted by Crippen LogP contribution is -2.40. The molecule has 0 aromatic rings. The highest BCUT2D eigenvalue weighted by molar-refractivity contribution is 4.81. The van der Waals surface area contributed by atoms with Gasteiger partial charge in [0.2, 0.25) is 0 Å². The Bertz CT molecular complexity index is 47.8. The maximum Gasteiger partial charge on any atom is 0.0170 e. The SMILES string of the molecule is CC.CCC(CC)(CC)NC. The molecule has 0 aromatic heterocycles. The first-order chi connectivity index (χ1) is 5.24. The van der Waals surface area contributed by atoms with Crippen LogP contribution in [0, 0.1) is 0 Å². The first-order valence-corrected chi connectivity index (χ1v) is 4.93. The predicted molar refractivity (Wildman–Crippen MR) is 54.0 cm³/mol. The van der Waals surface area contributed by atoms with Gasteiger partial charge in [-0.3, -0.25) is 0 Å².